The minimum absolute atomic E-state index is 0.125. The number of rotatable bonds is 2. The van der Waals surface area contributed by atoms with Crippen LogP contribution in [-0.4, -0.2) is 16.7 Å². The molecule has 1 aliphatic heterocycles. The summed E-state index contributed by atoms with van der Waals surface area (Å²) in [5, 5.41) is 0. The van der Waals surface area contributed by atoms with E-state index in [2.05, 4.69) is 20.9 Å². The number of ketones is 1. The van der Waals surface area contributed by atoms with Crippen molar-refractivity contribution in [2.45, 2.75) is 13.5 Å². The summed E-state index contributed by atoms with van der Waals surface area (Å²) >= 11 is 3.31. The summed E-state index contributed by atoms with van der Waals surface area (Å²) in [5.41, 5.74) is 1.95. The number of halogens is 2. The third-order valence-corrected chi connectivity index (χ3v) is 3.76. The molecule has 1 aliphatic rings. The standard InChI is InChI=1S/C15H10BrFN2O2/c1-8-2-11(17)4-12-13(8)19(15(21)14(12)20)7-9-3-10(16)6-18-5-9/h2-6H,7H2,1H3. The molecule has 0 aliphatic carbocycles. The number of benzene rings is 1. The number of aromatic nitrogens is 1. The Morgan fingerprint density at radius 1 is 1.24 bits per heavy atom. The van der Waals surface area contributed by atoms with Crippen molar-refractivity contribution in [3.63, 3.8) is 0 Å². The van der Waals surface area contributed by atoms with E-state index < -0.39 is 17.5 Å². The van der Waals surface area contributed by atoms with Crippen LogP contribution >= 0.6 is 15.9 Å². The fraction of sp³-hybridized carbons (Fsp3) is 0.133. The van der Waals surface area contributed by atoms with Crippen LogP contribution in [0.1, 0.15) is 21.5 Å². The molecule has 2 aromatic rings. The van der Waals surface area contributed by atoms with E-state index in [4.69, 9.17) is 0 Å². The molecular weight excluding hydrogens is 339 g/mol. The van der Waals surface area contributed by atoms with Crippen LogP contribution in [0.5, 0.6) is 0 Å². The van der Waals surface area contributed by atoms with Gasteiger partial charge in [0.25, 0.3) is 11.7 Å². The third kappa shape index (κ3) is 2.35. The van der Waals surface area contributed by atoms with Crippen molar-refractivity contribution in [2.75, 3.05) is 4.90 Å². The van der Waals surface area contributed by atoms with Crippen LogP contribution in [0.4, 0.5) is 10.1 Å². The molecule has 21 heavy (non-hydrogen) atoms. The molecule has 106 valence electrons. The number of hydrogen-bond donors (Lipinski definition) is 0. The predicted octanol–water partition coefficient (Wildman–Crippen LogP) is 3.02. The molecule has 0 saturated heterocycles. The van der Waals surface area contributed by atoms with Gasteiger partial charge in [-0.05, 0) is 52.2 Å². The van der Waals surface area contributed by atoms with Crippen LogP contribution in [0.15, 0.2) is 35.1 Å². The van der Waals surface area contributed by atoms with Gasteiger partial charge in [-0.15, -0.1) is 0 Å². The van der Waals surface area contributed by atoms with Gasteiger partial charge in [-0.3, -0.25) is 14.6 Å². The van der Waals surface area contributed by atoms with Crippen molar-refractivity contribution in [2.24, 2.45) is 0 Å². The molecule has 6 heteroatoms. The van der Waals surface area contributed by atoms with Gasteiger partial charge in [-0.2, -0.15) is 0 Å². The summed E-state index contributed by atoms with van der Waals surface area (Å²) in [6, 6.07) is 4.25. The SMILES string of the molecule is Cc1cc(F)cc2c1N(Cc1cncc(Br)c1)C(=O)C2=O. The molecule has 0 unspecified atom stereocenters. The number of fused-ring (bicyclic) bond motifs is 1. The van der Waals surface area contributed by atoms with Gasteiger partial charge >= 0.3 is 0 Å². The first-order valence-corrected chi connectivity index (χ1v) is 7.02. The van der Waals surface area contributed by atoms with E-state index in [9.17, 15) is 14.0 Å². The van der Waals surface area contributed by atoms with Crippen molar-refractivity contribution in [1.29, 1.82) is 0 Å². The summed E-state index contributed by atoms with van der Waals surface area (Å²) in [4.78, 5) is 29.5. The largest absolute Gasteiger partial charge is 0.300 e. The van der Waals surface area contributed by atoms with Crippen LogP contribution in [0.2, 0.25) is 0 Å². The number of Topliss-reactive ketones (excluding diaryl/α,β-unsaturated/α-hetero) is 1. The predicted molar refractivity (Wildman–Crippen MR) is 78.6 cm³/mol. The highest BCUT2D eigenvalue weighted by Crippen LogP contribution is 2.34. The van der Waals surface area contributed by atoms with Gasteiger partial charge in [0.1, 0.15) is 5.82 Å². The lowest BCUT2D eigenvalue weighted by Crippen LogP contribution is -2.29. The van der Waals surface area contributed by atoms with Gasteiger partial charge in [0.15, 0.2) is 0 Å². The molecule has 0 bridgehead atoms. The molecule has 0 N–H and O–H groups in total. The molecule has 3 rings (SSSR count). The molecule has 0 saturated carbocycles. The number of anilines is 1. The van der Waals surface area contributed by atoms with E-state index in [-0.39, 0.29) is 12.1 Å². The number of amides is 1. The van der Waals surface area contributed by atoms with Gasteiger partial charge in [-0.25, -0.2) is 4.39 Å². The lowest BCUT2D eigenvalue weighted by molar-refractivity contribution is -0.114. The van der Waals surface area contributed by atoms with Crippen molar-refractivity contribution in [1.82, 2.24) is 4.98 Å². The number of aryl methyl sites for hydroxylation is 1. The molecule has 1 aromatic heterocycles. The van der Waals surface area contributed by atoms with Crippen molar-refractivity contribution in [3.05, 3.63) is 57.6 Å². The topological polar surface area (TPSA) is 50.3 Å². The highest BCUT2D eigenvalue weighted by atomic mass is 79.9. The molecule has 0 radical (unpaired) electrons. The quantitative estimate of drug-likeness (QED) is 0.784. The van der Waals surface area contributed by atoms with Crippen LogP contribution < -0.4 is 4.90 Å². The number of nitrogens with zero attached hydrogens (tertiary/aromatic N) is 2. The highest BCUT2D eigenvalue weighted by Gasteiger charge is 2.37. The van der Waals surface area contributed by atoms with E-state index in [0.29, 0.717) is 11.3 Å². The Hall–Kier alpha value is -2.08. The average Bonchev–Trinajstić information content (AvgIpc) is 2.64. The lowest BCUT2D eigenvalue weighted by Gasteiger charge is -2.18. The number of carbonyl (C=O) groups excluding carboxylic acids is 2. The second-order valence-corrected chi connectivity index (χ2v) is 5.77. The summed E-state index contributed by atoms with van der Waals surface area (Å²) in [7, 11) is 0. The van der Waals surface area contributed by atoms with E-state index >= 15 is 0 Å². The highest BCUT2D eigenvalue weighted by molar-refractivity contribution is 9.10. The molecule has 0 fully saturated rings. The van der Waals surface area contributed by atoms with Crippen molar-refractivity contribution < 1.29 is 14.0 Å². The first-order chi connectivity index (χ1) is 9.97. The molecule has 2 heterocycles. The molecule has 1 amide bonds. The summed E-state index contributed by atoms with van der Waals surface area (Å²) < 4.78 is 14.2. The summed E-state index contributed by atoms with van der Waals surface area (Å²) in [6.45, 7) is 1.90. The average molecular weight is 349 g/mol. The molecule has 4 nitrogen and oxygen atoms in total. The maximum atomic E-state index is 13.4. The van der Waals surface area contributed by atoms with Gasteiger partial charge < -0.3 is 4.90 Å². The fourth-order valence-corrected chi connectivity index (χ4v) is 2.89. The second kappa shape index (κ2) is 5.04. The lowest BCUT2D eigenvalue weighted by atomic mass is 10.1. The van der Waals surface area contributed by atoms with Gasteiger partial charge in [0.2, 0.25) is 0 Å². The normalized spacial score (nSPS) is 13.8. The van der Waals surface area contributed by atoms with E-state index in [1.165, 1.54) is 11.0 Å². The summed E-state index contributed by atoms with van der Waals surface area (Å²) in [5.74, 6) is -1.83. The minimum atomic E-state index is -0.671. The van der Waals surface area contributed by atoms with Crippen molar-refractivity contribution >= 4 is 33.3 Å². The van der Waals surface area contributed by atoms with E-state index in [1.54, 1.807) is 19.3 Å². The number of carbonyl (C=O) groups is 2. The van der Waals surface area contributed by atoms with Gasteiger partial charge in [0.05, 0.1) is 17.8 Å². The zero-order valence-corrected chi connectivity index (χ0v) is 12.6. The third-order valence-electron chi connectivity index (χ3n) is 3.32. The Morgan fingerprint density at radius 2 is 2.00 bits per heavy atom. The van der Waals surface area contributed by atoms with Gasteiger partial charge in [-0.1, -0.05) is 0 Å². The Morgan fingerprint density at radius 3 is 2.71 bits per heavy atom. The van der Waals surface area contributed by atoms with Crippen LogP contribution in [0.25, 0.3) is 0 Å². The zero-order chi connectivity index (χ0) is 15.1. The van der Waals surface area contributed by atoms with E-state index in [0.717, 1.165) is 16.1 Å². The first-order valence-electron chi connectivity index (χ1n) is 6.23. The molecule has 0 atom stereocenters. The van der Waals surface area contributed by atoms with Crippen LogP contribution in [0, 0.1) is 12.7 Å². The molecule has 0 spiro atoms. The monoisotopic (exact) mass is 348 g/mol. The fourth-order valence-electron chi connectivity index (χ4n) is 2.48. The Labute approximate surface area is 128 Å². The summed E-state index contributed by atoms with van der Waals surface area (Å²) in [6.07, 6.45) is 3.26. The van der Waals surface area contributed by atoms with Crippen molar-refractivity contribution in [3.8, 4) is 0 Å². The van der Waals surface area contributed by atoms with E-state index in [1.807, 2.05) is 6.07 Å². The minimum Gasteiger partial charge on any atom is -0.300 e. The second-order valence-electron chi connectivity index (χ2n) is 4.85. The smallest absolute Gasteiger partial charge is 0.299 e. The molecule has 1 aromatic carbocycles. The maximum Gasteiger partial charge on any atom is 0.299 e. The maximum absolute atomic E-state index is 13.4. The number of hydrogen-bond acceptors (Lipinski definition) is 3. The Kier molecular flexibility index (Phi) is 3.33. The van der Waals surface area contributed by atoms with Crippen LogP contribution in [0.3, 0.4) is 0 Å². The molecular formula is C15H10BrFN2O2. The Bertz CT molecular complexity index is 776. The Balaban J connectivity index is 2.05. The van der Waals surface area contributed by atoms with Gasteiger partial charge in [0, 0.05) is 16.9 Å². The first kappa shape index (κ1) is 13.9. The van der Waals surface area contributed by atoms with Crippen LogP contribution in [-0.2, 0) is 11.3 Å². The number of pyridine rings is 1. The zero-order valence-electron chi connectivity index (χ0n) is 11.1.